The summed E-state index contributed by atoms with van der Waals surface area (Å²) >= 11 is 0. The first-order valence-corrected chi connectivity index (χ1v) is 7.44. The van der Waals surface area contributed by atoms with Gasteiger partial charge in [0.1, 0.15) is 5.75 Å². The molecule has 1 aliphatic rings. The first kappa shape index (κ1) is 15.4. The van der Waals surface area contributed by atoms with Gasteiger partial charge < -0.3 is 15.4 Å². The normalized spacial score (nSPS) is 16.7. The molecule has 4 nitrogen and oxygen atoms in total. The molecule has 21 heavy (non-hydrogen) atoms. The van der Waals surface area contributed by atoms with Gasteiger partial charge in [-0.3, -0.25) is 4.79 Å². The maximum absolute atomic E-state index is 11.6. The molecule has 1 unspecified atom stereocenters. The molecule has 0 aliphatic heterocycles. The number of hydrogen-bond donors (Lipinski definition) is 2. The summed E-state index contributed by atoms with van der Waals surface area (Å²) in [6.45, 7) is 3.30. The number of hydrogen-bond acceptors (Lipinski definition) is 3. The number of benzene rings is 1. The zero-order chi connectivity index (χ0) is 15.1. The summed E-state index contributed by atoms with van der Waals surface area (Å²) < 4.78 is 5.68. The predicted octanol–water partition coefficient (Wildman–Crippen LogP) is 1.80. The van der Waals surface area contributed by atoms with Gasteiger partial charge in [0.05, 0.1) is 6.54 Å². The van der Waals surface area contributed by atoms with E-state index >= 15 is 0 Å². The third-order valence-electron chi connectivity index (χ3n) is 3.66. The number of nitrogens with one attached hydrogen (secondary N) is 2. The highest BCUT2D eigenvalue weighted by Gasteiger charge is 2.22. The van der Waals surface area contributed by atoms with Gasteiger partial charge in [-0.05, 0) is 43.0 Å². The van der Waals surface area contributed by atoms with E-state index in [1.54, 1.807) is 0 Å². The van der Waals surface area contributed by atoms with Crippen LogP contribution in [0.25, 0.3) is 0 Å². The van der Waals surface area contributed by atoms with Gasteiger partial charge in [-0.2, -0.15) is 0 Å². The van der Waals surface area contributed by atoms with Gasteiger partial charge in [-0.25, -0.2) is 0 Å². The fourth-order valence-electron chi connectivity index (χ4n) is 2.75. The van der Waals surface area contributed by atoms with Crippen LogP contribution in [0.3, 0.4) is 0 Å². The lowest BCUT2D eigenvalue weighted by atomic mass is 9.87. The van der Waals surface area contributed by atoms with Crippen LogP contribution < -0.4 is 15.4 Å². The van der Waals surface area contributed by atoms with Crippen LogP contribution in [0.15, 0.2) is 18.2 Å². The van der Waals surface area contributed by atoms with Crippen molar-refractivity contribution in [1.29, 1.82) is 0 Å². The average molecular weight is 286 g/mol. The first-order valence-electron chi connectivity index (χ1n) is 7.44. The van der Waals surface area contributed by atoms with Crippen LogP contribution in [-0.2, 0) is 11.2 Å². The second-order valence-electron chi connectivity index (χ2n) is 5.10. The highest BCUT2D eigenvalue weighted by atomic mass is 16.5. The van der Waals surface area contributed by atoms with Crippen molar-refractivity contribution in [3.8, 4) is 18.1 Å². The molecule has 0 heterocycles. The molecule has 1 aromatic rings. The van der Waals surface area contributed by atoms with Gasteiger partial charge in [0.2, 0.25) is 0 Å². The maximum atomic E-state index is 11.6. The van der Waals surface area contributed by atoms with Crippen molar-refractivity contribution >= 4 is 5.91 Å². The fraction of sp³-hybridized carbons (Fsp3) is 0.471. The lowest BCUT2D eigenvalue weighted by Crippen LogP contribution is -2.29. The van der Waals surface area contributed by atoms with Crippen LogP contribution in [-0.4, -0.2) is 25.6 Å². The lowest BCUT2D eigenvalue weighted by molar-refractivity contribution is -0.122. The second-order valence-corrected chi connectivity index (χ2v) is 5.10. The molecular formula is C17H22N2O2. The summed E-state index contributed by atoms with van der Waals surface area (Å²) in [5, 5.41) is 6.10. The molecule has 1 aliphatic carbocycles. The molecule has 0 aromatic heterocycles. The maximum Gasteiger partial charge on any atom is 0.258 e. The standard InChI is InChI=1S/C17H22N2O2/c1-3-11-19-17(20)12-21-16-10-6-7-13-14(16)8-5-9-15(13)18-4-2/h1,6-7,10,15,18H,4-5,8-9,11-12H2,2H3,(H,19,20). The SMILES string of the molecule is C#CCNC(=O)COc1cccc2c1CCCC2NCC. The van der Waals surface area contributed by atoms with Crippen LogP contribution in [0.4, 0.5) is 0 Å². The molecule has 2 N–H and O–H groups in total. The van der Waals surface area contributed by atoms with E-state index < -0.39 is 0 Å². The van der Waals surface area contributed by atoms with Gasteiger partial charge in [0.25, 0.3) is 5.91 Å². The topological polar surface area (TPSA) is 50.4 Å². The van der Waals surface area contributed by atoms with E-state index in [9.17, 15) is 4.79 Å². The van der Waals surface area contributed by atoms with Crippen molar-refractivity contribution in [2.75, 3.05) is 19.7 Å². The van der Waals surface area contributed by atoms with Crippen LogP contribution in [0.2, 0.25) is 0 Å². The number of carbonyl (C=O) groups excluding carboxylic acids is 1. The molecule has 0 saturated heterocycles. The number of carbonyl (C=O) groups is 1. The molecule has 1 atom stereocenters. The molecule has 0 saturated carbocycles. The summed E-state index contributed by atoms with van der Waals surface area (Å²) in [4.78, 5) is 11.6. The van der Waals surface area contributed by atoms with Crippen molar-refractivity contribution in [3.05, 3.63) is 29.3 Å². The van der Waals surface area contributed by atoms with E-state index in [0.29, 0.717) is 6.04 Å². The minimum atomic E-state index is -0.190. The highest BCUT2D eigenvalue weighted by molar-refractivity contribution is 5.77. The summed E-state index contributed by atoms with van der Waals surface area (Å²) in [6, 6.07) is 6.45. The van der Waals surface area contributed by atoms with Crippen molar-refractivity contribution in [3.63, 3.8) is 0 Å². The van der Waals surface area contributed by atoms with Crippen LogP contribution in [0, 0.1) is 12.3 Å². The summed E-state index contributed by atoms with van der Waals surface area (Å²) in [5.41, 5.74) is 2.52. The third kappa shape index (κ3) is 3.99. The number of fused-ring (bicyclic) bond motifs is 1. The Morgan fingerprint density at radius 1 is 1.52 bits per heavy atom. The van der Waals surface area contributed by atoms with Gasteiger partial charge >= 0.3 is 0 Å². The highest BCUT2D eigenvalue weighted by Crippen LogP contribution is 2.35. The van der Waals surface area contributed by atoms with Crippen molar-refractivity contribution < 1.29 is 9.53 Å². The van der Waals surface area contributed by atoms with Gasteiger partial charge in [-0.15, -0.1) is 6.42 Å². The van der Waals surface area contributed by atoms with Crippen molar-refractivity contribution in [1.82, 2.24) is 10.6 Å². The average Bonchev–Trinajstić information content (AvgIpc) is 2.51. The Balaban J connectivity index is 2.06. The van der Waals surface area contributed by atoms with E-state index in [0.717, 1.165) is 31.6 Å². The quantitative estimate of drug-likeness (QED) is 0.784. The Kier molecular flexibility index (Phi) is 5.65. The number of amides is 1. The third-order valence-corrected chi connectivity index (χ3v) is 3.66. The Labute approximate surface area is 126 Å². The Morgan fingerprint density at radius 2 is 2.38 bits per heavy atom. The number of ether oxygens (including phenoxy) is 1. The minimum Gasteiger partial charge on any atom is -0.483 e. The number of terminal acetylenes is 1. The number of rotatable bonds is 6. The molecule has 0 fully saturated rings. The second kappa shape index (κ2) is 7.70. The summed E-state index contributed by atoms with van der Waals surface area (Å²) in [5.74, 6) is 2.99. The Bertz CT molecular complexity index is 534. The largest absolute Gasteiger partial charge is 0.483 e. The van der Waals surface area contributed by atoms with Crippen molar-refractivity contribution in [2.45, 2.75) is 32.2 Å². The van der Waals surface area contributed by atoms with Crippen LogP contribution in [0.5, 0.6) is 5.75 Å². The van der Waals surface area contributed by atoms with Gasteiger partial charge in [0.15, 0.2) is 6.61 Å². The molecule has 112 valence electrons. The Hall–Kier alpha value is -1.99. The molecule has 4 heteroatoms. The van der Waals surface area contributed by atoms with Crippen LogP contribution in [0.1, 0.15) is 36.9 Å². The molecule has 1 amide bonds. The van der Waals surface area contributed by atoms with Crippen molar-refractivity contribution in [2.24, 2.45) is 0 Å². The van der Waals surface area contributed by atoms with E-state index in [-0.39, 0.29) is 19.1 Å². The molecule has 1 aromatic carbocycles. The smallest absolute Gasteiger partial charge is 0.258 e. The lowest BCUT2D eigenvalue weighted by Gasteiger charge is -2.27. The van der Waals surface area contributed by atoms with Crippen LogP contribution >= 0.6 is 0 Å². The molecule has 0 spiro atoms. The zero-order valence-corrected chi connectivity index (χ0v) is 12.4. The van der Waals surface area contributed by atoms with E-state index in [1.807, 2.05) is 12.1 Å². The van der Waals surface area contributed by atoms with E-state index in [2.05, 4.69) is 29.5 Å². The predicted molar refractivity (Wildman–Crippen MR) is 83.1 cm³/mol. The molecular weight excluding hydrogens is 264 g/mol. The van der Waals surface area contributed by atoms with E-state index in [4.69, 9.17) is 11.2 Å². The van der Waals surface area contributed by atoms with E-state index in [1.165, 1.54) is 11.1 Å². The zero-order valence-electron chi connectivity index (χ0n) is 12.4. The fourth-order valence-corrected chi connectivity index (χ4v) is 2.75. The molecule has 0 bridgehead atoms. The molecule has 0 radical (unpaired) electrons. The Morgan fingerprint density at radius 3 is 3.14 bits per heavy atom. The molecule has 2 rings (SSSR count). The van der Waals surface area contributed by atoms with Gasteiger partial charge in [0, 0.05) is 6.04 Å². The summed E-state index contributed by atoms with van der Waals surface area (Å²) in [6.07, 6.45) is 8.38. The monoisotopic (exact) mass is 286 g/mol. The summed E-state index contributed by atoms with van der Waals surface area (Å²) in [7, 11) is 0. The minimum absolute atomic E-state index is 0.00397. The first-order chi connectivity index (χ1) is 10.3. The van der Waals surface area contributed by atoms with Gasteiger partial charge in [-0.1, -0.05) is 25.0 Å².